The predicted octanol–water partition coefficient (Wildman–Crippen LogP) is 4.56. The van der Waals surface area contributed by atoms with Gasteiger partial charge >= 0.3 is 0 Å². The number of ether oxygens (including phenoxy) is 1. The van der Waals surface area contributed by atoms with Gasteiger partial charge in [-0.25, -0.2) is 0 Å². The first-order valence-electron chi connectivity index (χ1n) is 15.1. The highest BCUT2D eigenvalue weighted by Gasteiger charge is 2.72. The number of phenolic OH excluding ortho intramolecular Hbond substituents is 1. The van der Waals surface area contributed by atoms with E-state index in [0.29, 0.717) is 37.9 Å². The average Bonchev–Trinajstić information content (AvgIpc) is 3.31. The maximum atomic E-state index is 13.5. The molecule has 2 heterocycles. The fourth-order valence-electron chi connectivity index (χ4n) is 8.61. The number of likely N-dealkylation sites (tertiary alicyclic amines) is 1. The second kappa shape index (κ2) is 9.88. The minimum Gasteiger partial charge on any atom is -0.504 e. The quantitative estimate of drug-likeness (QED) is 0.450. The Morgan fingerprint density at radius 1 is 1.07 bits per heavy atom. The largest absolute Gasteiger partial charge is 0.504 e. The molecule has 2 bridgehead atoms. The highest BCUT2D eigenvalue weighted by Crippen LogP contribution is 2.65. The predicted molar refractivity (Wildman–Crippen MR) is 158 cm³/mol. The Kier molecular flexibility index (Phi) is 6.40. The Labute approximate surface area is 242 Å². The third-order valence-electron chi connectivity index (χ3n) is 10.7. The zero-order chi connectivity index (χ0) is 28.4. The number of aryl methyl sites for hydroxylation is 2. The van der Waals surface area contributed by atoms with Crippen LogP contribution in [0.2, 0.25) is 0 Å². The van der Waals surface area contributed by atoms with Gasteiger partial charge in [0.05, 0.1) is 11.0 Å². The summed E-state index contributed by atoms with van der Waals surface area (Å²) in [5.74, 6) is 0.798. The van der Waals surface area contributed by atoms with E-state index in [4.69, 9.17) is 4.74 Å². The second-order valence-electron chi connectivity index (χ2n) is 12.8. The van der Waals surface area contributed by atoms with Crippen molar-refractivity contribution < 1.29 is 19.7 Å². The summed E-state index contributed by atoms with van der Waals surface area (Å²) >= 11 is 0. The lowest BCUT2D eigenvalue weighted by atomic mass is 9.48. The van der Waals surface area contributed by atoms with Crippen LogP contribution in [0.3, 0.4) is 0 Å². The summed E-state index contributed by atoms with van der Waals surface area (Å²) in [5, 5.41) is 23.8. The minimum atomic E-state index is -1.06. The van der Waals surface area contributed by atoms with E-state index < -0.39 is 11.0 Å². The summed E-state index contributed by atoms with van der Waals surface area (Å²) in [6, 6.07) is 22.4. The lowest BCUT2D eigenvalue weighted by Gasteiger charge is -2.64. The molecule has 2 fully saturated rings. The summed E-state index contributed by atoms with van der Waals surface area (Å²) in [7, 11) is 1.89. The normalized spacial score (nSPS) is 29.5. The van der Waals surface area contributed by atoms with E-state index in [1.54, 1.807) is 6.07 Å². The number of phenols is 1. The summed E-state index contributed by atoms with van der Waals surface area (Å²) in [6.45, 7) is 3.82. The lowest BCUT2D eigenvalue weighted by Crippen LogP contribution is -2.77. The van der Waals surface area contributed by atoms with Crippen LogP contribution in [0.4, 0.5) is 0 Å². The van der Waals surface area contributed by atoms with Crippen molar-refractivity contribution in [1.82, 2.24) is 9.80 Å². The van der Waals surface area contributed by atoms with E-state index in [1.807, 2.05) is 30.1 Å². The van der Waals surface area contributed by atoms with Crippen molar-refractivity contribution in [3.8, 4) is 11.5 Å². The molecule has 6 heteroatoms. The van der Waals surface area contributed by atoms with E-state index in [9.17, 15) is 15.0 Å². The van der Waals surface area contributed by atoms with Gasteiger partial charge in [0.25, 0.3) is 0 Å². The van der Waals surface area contributed by atoms with Crippen molar-refractivity contribution in [3.63, 3.8) is 0 Å². The van der Waals surface area contributed by atoms with Crippen molar-refractivity contribution in [1.29, 1.82) is 0 Å². The number of carbonyl (C=O) groups is 1. The van der Waals surface area contributed by atoms with E-state index in [-0.39, 0.29) is 29.8 Å². The highest BCUT2D eigenvalue weighted by molar-refractivity contribution is 5.76. The van der Waals surface area contributed by atoms with Crippen molar-refractivity contribution in [2.24, 2.45) is 0 Å². The Morgan fingerprint density at radius 2 is 1.88 bits per heavy atom. The molecule has 41 heavy (non-hydrogen) atoms. The summed E-state index contributed by atoms with van der Waals surface area (Å²) in [6.07, 6.45) is 4.44. The molecule has 0 aromatic heterocycles. The van der Waals surface area contributed by atoms with Crippen LogP contribution in [0, 0.1) is 6.92 Å². The van der Waals surface area contributed by atoms with Crippen LogP contribution in [0.25, 0.3) is 0 Å². The molecule has 214 valence electrons. The van der Waals surface area contributed by atoms with Gasteiger partial charge in [-0.05, 0) is 68.3 Å². The average molecular weight is 553 g/mol. The van der Waals surface area contributed by atoms with Gasteiger partial charge < -0.3 is 19.8 Å². The van der Waals surface area contributed by atoms with E-state index in [2.05, 4.69) is 54.3 Å². The molecule has 1 saturated carbocycles. The van der Waals surface area contributed by atoms with Gasteiger partial charge in [0, 0.05) is 44.1 Å². The van der Waals surface area contributed by atoms with Gasteiger partial charge in [0.15, 0.2) is 11.5 Å². The molecule has 2 unspecified atom stereocenters. The molecular formula is C35H40N2O4. The second-order valence-corrected chi connectivity index (χ2v) is 12.8. The highest BCUT2D eigenvalue weighted by atomic mass is 16.5. The van der Waals surface area contributed by atoms with Crippen molar-refractivity contribution in [2.45, 2.75) is 81.1 Å². The van der Waals surface area contributed by atoms with Crippen molar-refractivity contribution >= 4 is 5.91 Å². The molecule has 3 aromatic carbocycles. The molecule has 6 nitrogen and oxygen atoms in total. The van der Waals surface area contributed by atoms with Crippen molar-refractivity contribution in [3.05, 3.63) is 94.5 Å². The molecule has 7 rings (SSSR count). The number of hydrogen-bond acceptors (Lipinski definition) is 5. The fourth-order valence-corrected chi connectivity index (χ4v) is 8.61. The summed E-state index contributed by atoms with van der Waals surface area (Å²) in [5.41, 5.74) is 4.24. The number of carbonyl (C=O) groups excluding carboxylic acids is 1. The van der Waals surface area contributed by atoms with Crippen LogP contribution in [-0.2, 0) is 29.5 Å². The van der Waals surface area contributed by atoms with E-state index in [1.165, 1.54) is 22.3 Å². The number of aromatic hydroxyl groups is 1. The third-order valence-corrected chi connectivity index (χ3v) is 10.7. The minimum absolute atomic E-state index is 0.0762. The first-order chi connectivity index (χ1) is 19.8. The number of amides is 1. The Balaban J connectivity index is 1.18. The first-order valence-corrected chi connectivity index (χ1v) is 15.1. The monoisotopic (exact) mass is 552 g/mol. The Morgan fingerprint density at radius 3 is 2.68 bits per heavy atom. The fraction of sp³-hybridized carbons (Fsp3) is 0.457. The zero-order valence-electron chi connectivity index (χ0n) is 24.1. The maximum absolute atomic E-state index is 13.5. The molecule has 2 aliphatic heterocycles. The topological polar surface area (TPSA) is 73.2 Å². The molecular weight excluding hydrogens is 512 g/mol. The van der Waals surface area contributed by atoms with Gasteiger partial charge in [-0.1, -0.05) is 66.2 Å². The first kappa shape index (κ1) is 26.5. The number of nitrogens with zero attached hydrogens (tertiary/aromatic N) is 2. The molecule has 1 saturated heterocycles. The zero-order valence-corrected chi connectivity index (χ0v) is 24.1. The summed E-state index contributed by atoms with van der Waals surface area (Å²) in [4.78, 5) is 17.8. The molecule has 5 atom stereocenters. The maximum Gasteiger partial charge on any atom is 0.222 e. The number of benzene rings is 3. The van der Waals surface area contributed by atoms with Gasteiger partial charge in [0.2, 0.25) is 5.91 Å². The van der Waals surface area contributed by atoms with Crippen LogP contribution in [0.1, 0.15) is 53.5 Å². The molecule has 2 N–H and O–H groups in total. The lowest BCUT2D eigenvalue weighted by molar-refractivity contribution is -0.198. The van der Waals surface area contributed by atoms with Crippen LogP contribution >= 0.6 is 0 Å². The molecule has 0 radical (unpaired) electrons. The van der Waals surface area contributed by atoms with Crippen LogP contribution in [-0.4, -0.2) is 69.8 Å². The van der Waals surface area contributed by atoms with Gasteiger partial charge in [-0.15, -0.1) is 0 Å². The number of hydrogen-bond donors (Lipinski definition) is 2. The molecule has 2 aliphatic carbocycles. The smallest absolute Gasteiger partial charge is 0.222 e. The van der Waals surface area contributed by atoms with Crippen molar-refractivity contribution in [2.75, 3.05) is 20.1 Å². The molecule has 1 spiro atoms. The number of rotatable bonds is 7. The number of piperidine rings is 1. The van der Waals surface area contributed by atoms with Gasteiger partial charge in [0.1, 0.15) is 6.10 Å². The third kappa shape index (κ3) is 4.10. The summed E-state index contributed by atoms with van der Waals surface area (Å²) < 4.78 is 6.58. The molecule has 4 aliphatic rings. The Bertz CT molecular complexity index is 1470. The standard InChI is InChI=1S/C35H40N2O4/c1-23-7-6-10-25(19-23)11-14-31(39)36(2)27-21-30-34-16-18-37(17-15-24-8-4-3-5-9-24)29(35(34,40)22-27)20-26-12-13-28(38)33(41-30)32(26)34/h3-10,12-13,19,27,29-30,38,40H,11,14-18,20-22H2,1-2H3/t27?,29-,30?,34-,35-/m1/s1. The van der Waals surface area contributed by atoms with E-state index in [0.717, 1.165) is 31.5 Å². The van der Waals surface area contributed by atoms with Gasteiger partial charge in [-0.3, -0.25) is 9.69 Å². The SMILES string of the molecule is Cc1cccc(CCC(=O)N(C)C2CC3Oc4c(O)ccc5c4[C@@]34CCN(CCc3ccccc3)[C@H](C5)[C@]4(O)C2)c1. The van der Waals surface area contributed by atoms with Gasteiger partial charge in [-0.2, -0.15) is 0 Å². The molecule has 3 aromatic rings. The van der Waals surface area contributed by atoms with Crippen LogP contribution < -0.4 is 4.74 Å². The number of aliphatic hydroxyl groups is 1. The molecule has 1 amide bonds. The van der Waals surface area contributed by atoms with E-state index >= 15 is 0 Å². The Hall–Kier alpha value is -3.35. The van der Waals surface area contributed by atoms with Crippen LogP contribution in [0.15, 0.2) is 66.7 Å². The van der Waals surface area contributed by atoms with Crippen LogP contribution in [0.5, 0.6) is 11.5 Å².